The highest BCUT2D eigenvalue weighted by Gasteiger charge is 2.22. The van der Waals surface area contributed by atoms with Crippen LogP contribution >= 0.6 is 0 Å². The topological polar surface area (TPSA) is 55.1 Å². The first-order valence-corrected chi connectivity index (χ1v) is 4.47. The Balaban J connectivity index is 2.28. The van der Waals surface area contributed by atoms with Crippen molar-refractivity contribution in [1.29, 1.82) is 0 Å². The lowest BCUT2D eigenvalue weighted by atomic mass is 9.93. The van der Waals surface area contributed by atoms with Gasteiger partial charge in [-0.3, -0.25) is 4.68 Å². The molecule has 0 atom stereocenters. The fourth-order valence-electron chi connectivity index (χ4n) is 1.53. The molecule has 1 aromatic rings. The zero-order chi connectivity index (χ0) is 9.42. The van der Waals surface area contributed by atoms with Gasteiger partial charge in [-0.15, -0.1) is 0 Å². The van der Waals surface area contributed by atoms with E-state index >= 15 is 0 Å². The summed E-state index contributed by atoms with van der Waals surface area (Å²) in [5.74, 6) is -0.886. The second kappa shape index (κ2) is 2.87. The van der Waals surface area contributed by atoms with Crippen LogP contribution < -0.4 is 0 Å². The van der Waals surface area contributed by atoms with Crippen molar-refractivity contribution in [3.05, 3.63) is 17.5 Å². The number of carbonyl (C=O) groups is 1. The van der Waals surface area contributed by atoms with Crippen molar-refractivity contribution in [3.63, 3.8) is 0 Å². The van der Waals surface area contributed by atoms with Gasteiger partial charge in [-0.2, -0.15) is 5.10 Å². The summed E-state index contributed by atoms with van der Waals surface area (Å²) in [6.45, 7) is 1.73. The van der Waals surface area contributed by atoms with E-state index in [0.29, 0.717) is 17.3 Å². The van der Waals surface area contributed by atoms with E-state index in [-0.39, 0.29) is 0 Å². The van der Waals surface area contributed by atoms with Gasteiger partial charge in [0.05, 0.1) is 11.7 Å². The summed E-state index contributed by atoms with van der Waals surface area (Å²) in [7, 11) is 0. The zero-order valence-electron chi connectivity index (χ0n) is 7.53. The smallest absolute Gasteiger partial charge is 0.339 e. The molecule has 0 bridgehead atoms. The fourth-order valence-corrected chi connectivity index (χ4v) is 1.53. The van der Waals surface area contributed by atoms with Crippen molar-refractivity contribution in [3.8, 4) is 0 Å². The summed E-state index contributed by atoms with van der Waals surface area (Å²) in [5, 5.41) is 13.0. The first-order chi connectivity index (χ1) is 6.18. The Morgan fingerprint density at radius 2 is 2.38 bits per heavy atom. The SMILES string of the molecule is Cc1nn(C2CCC2)cc1C(=O)O. The number of aromatic nitrogens is 2. The molecule has 4 heteroatoms. The van der Waals surface area contributed by atoms with Gasteiger partial charge >= 0.3 is 5.97 Å². The second-order valence-corrected chi connectivity index (χ2v) is 3.50. The summed E-state index contributed by atoms with van der Waals surface area (Å²) >= 11 is 0. The fraction of sp³-hybridized carbons (Fsp3) is 0.556. The van der Waals surface area contributed by atoms with Crippen molar-refractivity contribution in [1.82, 2.24) is 9.78 Å². The molecular formula is C9H12N2O2. The van der Waals surface area contributed by atoms with Crippen molar-refractivity contribution < 1.29 is 9.90 Å². The molecular weight excluding hydrogens is 168 g/mol. The Hall–Kier alpha value is -1.32. The van der Waals surface area contributed by atoms with E-state index in [9.17, 15) is 4.79 Å². The van der Waals surface area contributed by atoms with Crippen molar-refractivity contribution >= 4 is 5.97 Å². The third-order valence-electron chi connectivity index (χ3n) is 2.60. The molecule has 1 aliphatic carbocycles. The number of rotatable bonds is 2. The summed E-state index contributed by atoms with van der Waals surface area (Å²) < 4.78 is 1.79. The third kappa shape index (κ3) is 1.32. The van der Waals surface area contributed by atoms with E-state index in [1.807, 2.05) is 0 Å². The molecule has 1 N–H and O–H groups in total. The minimum absolute atomic E-state index is 0.326. The van der Waals surface area contributed by atoms with Crippen LogP contribution in [0.15, 0.2) is 6.20 Å². The molecule has 70 valence electrons. The summed E-state index contributed by atoms with van der Waals surface area (Å²) in [6.07, 6.45) is 5.12. The molecule has 1 saturated carbocycles. The quantitative estimate of drug-likeness (QED) is 0.752. The van der Waals surface area contributed by atoms with Gasteiger partial charge in [0, 0.05) is 6.20 Å². The van der Waals surface area contributed by atoms with Gasteiger partial charge in [-0.25, -0.2) is 4.79 Å². The molecule has 0 amide bonds. The Morgan fingerprint density at radius 3 is 2.77 bits per heavy atom. The molecule has 0 aliphatic heterocycles. The number of aromatic carboxylic acids is 1. The van der Waals surface area contributed by atoms with Gasteiger partial charge in [0.25, 0.3) is 0 Å². The van der Waals surface area contributed by atoms with Gasteiger partial charge in [-0.1, -0.05) is 0 Å². The molecule has 0 saturated heterocycles. The average Bonchev–Trinajstić information content (AvgIpc) is 2.27. The zero-order valence-corrected chi connectivity index (χ0v) is 7.53. The average molecular weight is 180 g/mol. The van der Waals surface area contributed by atoms with E-state index in [1.165, 1.54) is 6.42 Å². The number of nitrogens with zero attached hydrogens (tertiary/aromatic N) is 2. The van der Waals surface area contributed by atoms with Gasteiger partial charge in [0.1, 0.15) is 5.56 Å². The lowest BCUT2D eigenvalue weighted by molar-refractivity contribution is 0.0696. The molecule has 1 fully saturated rings. The monoisotopic (exact) mass is 180 g/mol. The van der Waals surface area contributed by atoms with E-state index in [2.05, 4.69) is 5.10 Å². The third-order valence-corrected chi connectivity index (χ3v) is 2.60. The molecule has 2 rings (SSSR count). The summed E-state index contributed by atoms with van der Waals surface area (Å²) in [5.41, 5.74) is 0.936. The van der Waals surface area contributed by atoms with Crippen LogP contribution in [0.5, 0.6) is 0 Å². The van der Waals surface area contributed by atoms with E-state index in [1.54, 1.807) is 17.8 Å². The molecule has 1 aliphatic rings. The maximum Gasteiger partial charge on any atom is 0.339 e. The van der Waals surface area contributed by atoms with Crippen LogP contribution in [-0.4, -0.2) is 20.9 Å². The molecule has 4 nitrogen and oxygen atoms in total. The number of hydrogen-bond donors (Lipinski definition) is 1. The van der Waals surface area contributed by atoms with Crippen molar-refractivity contribution in [2.45, 2.75) is 32.2 Å². The first-order valence-electron chi connectivity index (χ1n) is 4.47. The number of carboxylic acids is 1. The number of carboxylic acid groups (broad SMARTS) is 1. The lowest BCUT2D eigenvalue weighted by Crippen LogP contribution is -2.17. The first kappa shape index (κ1) is 8.29. The summed E-state index contributed by atoms with van der Waals surface area (Å²) in [4.78, 5) is 10.7. The van der Waals surface area contributed by atoms with Crippen LogP contribution in [0.3, 0.4) is 0 Å². The standard InChI is InChI=1S/C9H12N2O2/c1-6-8(9(12)13)5-11(10-6)7-3-2-4-7/h5,7H,2-4H2,1H3,(H,12,13). The number of aryl methyl sites for hydroxylation is 1. The Morgan fingerprint density at radius 1 is 1.69 bits per heavy atom. The van der Waals surface area contributed by atoms with E-state index in [4.69, 9.17) is 5.11 Å². The minimum atomic E-state index is -0.886. The van der Waals surface area contributed by atoms with Crippen LogP contribution in [0, 0.1) is 6.92 Å². The predicted octanol–water partition coefficient (Wildman–Crippen LogP) is 1.61. The van der Waals surface area contributed by atoms with Crippen LogP contribution in [-0.2, 0) is 0 Å². The van der Waals surface area contributed by atoms with Gasteiger partial charge in [-0.05, 0) is 26.2 Å². The molecule has 0 aromatic carbocycles. The highest BCUT2D eigenvalue weighted by Crippen LogP contribution is 2.31. The van der Waals surface area contributed by atoms with Crippen LogP contribution in [0.4, 0.5) is 0 Å². The van der Waals surface area contributed by atoms with Gasteiger partial charge < -0.3 is 5.11 Å². The Kier molecular flexibility index (Phi) is 1.83. The van der Waals surface area contributed by atoms with Crippen LogP contribution in [0.1, 0.15) is 41.4 Å². The Labute approximate surface area is 76.2 Å². The van der Waals surface area contributed by atoms with Crippen LogP contribution in [0.25, 0.3) is 0 Å². The van der Waals surface area contributed by atoms with Crippen molar-refractivity contribution in [2.24, 2.45) is 0 Å². The second-order valence-electron chi connectivity index (χ2n) is 3.50. The van der Waals surface area contributed by atoms with Crippen molar-refractivity contribution in [2.75, 3.05) is 0 Å². The molecule has 0 spiro atoms. The van der Waals surface area contributed by atoms with Gasteiger partial charge in [0.2, 0.25) is 0 Å². The van der Waals surface area contributed by atoms with Gasteiger partial charge in [0.15, 0.2) is 0 Å². The molecule has 1 heterocycles. The largest absolute Gasteiger partial charge is 0.478 e. The molecule has 0 radical (unpaired) electrons. The minimum Gasteiger partial charge on any atom is -0.478 e. The molecule has 1 aromatic heterocycles. The Bertz CT molecular complexity index is 339. The lowest BCUT2D eigenvalue weighted by Gasteiger charge is -2.25. The van der Waals surface area contributed by atoms with Crippen LogP contribution in [0.2, 0.25) is 0 Å². The highest BCUT2D eigenvalue weighted by molar-refractivity contribution is 5.88. The normalized spacial score (nSPS) is 17.0. The maximum absolute atomic E-state index is 10.7. The predicted molar refractivity (Wildman–Crippen MR) is 46.8 cm³/mol. The number of hydrogen-bond acceptors (Lipinski definition) is 2. The highest BCUT2D eigenvalue weighted by atomic mass is 16.4. The van der Waals surface area contributed by atoms with E-state index < -0.39 is 5.97 Å². The maximum atomic E-state index is 10.7. The molecule has 13 heavy (non-hydrogen) atoms. The van der Waals surface area contributed by atoms with E-state index in [0.717, 1.165) is 12.8 Å². The molecule has 0 unspecified atom stereocenters. The summed E-state index contributed by atoms with van der Waals surface area (Å²) in [6, 6.07) is 0.437.